The Balaban J connectivity index is 2.58. The largest absolute Gasteiger partial charge is 0.507 e. The summed E-state index contributed by atoms with van der Waals surface area (Å²) in [5, 5.41) is 13.5. The number of benzene rings is 1. The van der Waals surface area contributed by atoms with E-state index in [4.69, 9.17) is 0 Å². The first-order chi connectivity index (χ1) is 9.51. The van der Waals surface area contributed by atoms with Crippen LogP contribution in [0.4, 0.5) is 0 Å². The second kappa shape index (κ2) is 8.28. The number of nitrogens with zero attached hydrogens (tertiary/aromatic N) is 1. The Morgan fingerprint density at radius 3 is 2.40 bits per heavy atom. The van der Waals surface area contributed by atoms with Crippen molar-refractivity contribution in [3.05, 3.63) is 29.3 Å². The molecule has 2 N–H and O–H groups in total. The van der Waals surface area contributed by atoms with E-state index in [-0.39, 0.29) is 0 Å². The topological polar surface area (TPSA) is 35.5 Å². The number of nitrogens with one attached hydrogen (secondary N) is 1. The van der Waals surface area contributed by atoms with Gasteiger partial charge in [0.1, 0.15) is 5.75 Å². The van der Waals surface area contributed by atoms with E-state index in [1.165, 1.54) is 12.8 Å². The lowest BCUT2D eigenvalue weighted by molar-refractivity contribution is 0.194. The van der Waals surface area contributed by atoms with Gasteiger partial charge in [0.2, 0.25) is 0 Å². The Morgan fingerprint density at radius 1 is 1.20 bits per heavy atom. The van der Waals surface area contributed by atoms with Crippen LogP contribution in [-0.2, 0) is 6.54 Å². The van der Waals surface area contributed by atoms with Gasteiger partial charge in [-0.25, -0.2) is 0 Å². The van der Waals surface area contributed by atoms with Crippen molar-refractivity contribution in [3.63, 3.8) is 0 Å². The third kappa shape index (κ3) is 4.50. The van der Waals surface area contributed by atoms with Crippen molar-refractivity contribution in [1.82, 2.24) is 10.2 Å². The highest BCUT2D eigenvalue weighted by Gasteiger charge is 2.20. The molecule has 1 rings (SSSR count). The maximum Gasteiger partial charge on any atom is 0.122 e. The average molecular weight is 278 g/mol. The van der Waals surface area contributed by atoms with E-state index in [0.29, 0.717) is 17.7 Å². The second-order valence-electron chi connectivity index (χ2n) is 5.82. The first-order valence-corrected chi connectivity index (χ1v) is 7.65. The molecule has 0 aromatic heterocycles. The number of aromatic hydroxyl groups is 1. The molecule has 0 fully saturated rings. The number of aryl methyl sites for hydroxylation is 1. The van der Waals surface area contributed by atoms with Gasteiger partial charge in [0.25, 0.3) is 0 Å². The molecule has 0 aliphatic carbocycles. The third-order valence-electron chi connectivity index (χ3n) is 4.25. The molecule has 0 aliphatic rings. The highest BCUT2D eigenvalue weighted by molar-refractivity contribution is 5.39. The standard InChI is InChI=1S/C17H30N2O/c1-6-14(7-2)16(19(4)5)12-18-11-15-10-8-9-13(3)17(15)20/h8-10,14,16,18,20H,6-7,11-12H2,1-5H3. The Labute approximate surface area is 124 Å². The molecule has 0 saturated heterocycles. The van der Waals surface area contributed by atoms with Crippen LogP contribution < -0.4 is 5.32 Å². The van der Waals surface area contributed by atoms with E-state index < -0.39 is 0 Å². The molecule has 0 spiro atoms. The van der Waals surface area contributed by atoms with Crippen LogP contribution in [0.25, 0.3) is 0 Å². The first kappa shape index (κ1) is 17.0. The molecule has 0 aliphatic heterocycles. The van der Waals surface area contributed by atoms with Crippen LogP contribution in [-0.4, -0.2) is 36.7 Å². The fraction of sp³-hybridized carbons (Fsp3) is 0.647. The summed E-state index contributed by atoms with van der Waals surface area (Å²) in [6.45, 7) is 8.13. The Bertz CT molecular complexity index is 400. The van der Waals surface area contributed by atoms with Crippen molar-refractivity contribution in [1.29, 1.82) is 0 Å². The fourth-order valence-corrected chi connectivity index (χ4v) is 2.82. The lowest BCUT2D eigenvalue weighted by Crippen LogP contribution is -2.42. The van der Waals surface area contributed by atoms with Crippen molar-refractivity contribution >= 4 is 0 Å². The summed E-state index contributed by atoms with van der Waals surface area (Å²) in [5.74, 6) is 1.13. The van der Waals surface area contributed by atoms with Crippen molar-refractivity contribution in [2.24, 2.45) is 5.92 Å². The van der Waals surface area contributed by atoms with Crippen LogP contribution in [0.15, 0.2) is 18.2 Å². The maximum atomic E-state index is 10.0. The molecule has 0 heterocycles. The van der Waals surface area contributed by atoms with Crippen LogP contribution >= 0.6 is 0 Å². The molecule has 0 bridgehead atoms. The summed E-state index contributed by atoms with van der Waals surface area (Å²) in [6.07, 6.45) is 2.41. The van der Waals surface area contributed by atoms with Crippen LogP contribution in [0.5, 0.6) is 5.75 Å². The lowest BCUT2D eigenvalue weighted by atomic mass is 9.93. The van der Waals surface area contributed by atoms with Gasteiger partial charge in [-0.15, -0.1) is 0 Å². The van der Waals surface area contributed by atoms with Gasteiger partial charge in [-0.3, -0.25) is 0 Å². The average Bonchev–Trinajstić information content (AvgIpc) is 2.42. The number of likely N-dealkylation sites (N-methyl/N-ethyl adjacent to an activating group) is 1. The highest BCUT2D eigenvalue weighted by atomic mass is 16.3. The van der Waals surface area contributed by atoms with E-state index >= 15 is 0 Å². The predicted octanol–water partition coefficient (Wildman–Crippen LogP) is 3.16. The van der Waals surface area contributed by atoms with E-state index in [9.17, 15) is 5.11 Å². The molecule has 1 unspecified atom stereocenters. The predicted molar refractivity (Wildman–Crippen MR) is 86.1 cm³/mol. The lowest BCUT2D eigenvalue weighted by Gasteiger charge is -2.31. The normalized spacial score (nSPS) is 13.2. The minimum absolute atomic E-state index is 0.420. The first-order valence-electron chi connectivity index (χ1n) is 7.65. The molecule has 3 nitrogen and oxygen atoms in total. The molecule has 0 amide bonds. The maximum absolute atomic E-state index is 10.0. The smallest absolute Gasteiger partial charge is 0.122 e. The molecule has 0 saturated carbocycles. The van der Waals surface area contributed by atoms with Gasteiger partial charge in [-0.2, -0.15) is 0 Å². The van der Waals surface area contributed by atoms with E-state index in [0.717, 1.165) is 24.2 Å². The van der Waals surface area contributed by atoms with Crippen molar-refractivity contribution < 1.29 is 5.11 Å². The number of hydrogen-bond donors (Lipinski definition) is 2. The third-order valence-corrected chi connectivity index (χ3v) is 4.25. The zero-order chi connectivity index (χ0) is 15.1. The zero-order valence-corrected chi connectivity index (χ0v) is 13.6. The summed E-state index contributed by atoms with van der Waals surface area (Å²) < 4.78 is 0. The van der Waals surface area contributed by atoms with Gasteiger partial charge in [-0.1, -0.05) is 44.9 Å². The SMILES string of the molecule is CCC(CC)C(CNCc1cccc(C)c1O)N(C)C. The molecule has 1 aromatic rings. The van der Waals surface area contributed by atoms with Gasteiger partial charge in [0, 0.05) is 24.7 Å². The van der Waals surface area contributed by atoms with E-state index in [1.807, 2.05) is 25.1 Å². The number of phenols is 1. The minimum Gasteiger partial charge on any atom is -0.507 e. The van der Waals surface area contributed by atoms with Crippen molar-refractivity contribution in [2.75, 3.05) is 20.6 Å². The Kier molecular flexibility index (Phi) is 7.03. The van der Waals surface area contributed by atoms with Crippen LogP contribution in [0.1, 0.15) is 37.8 Å². The summed E-state index contributed by atoms with van der Waals surface area (Å²) in [5.41, 5.74) is 1.92. The molecule has 20 heavy (non-hydrogen) atoms. The molecule has 3 heteroatoms. The Hall–Kier alpha value is -1.06. The number of rotatable bonds is 8. The Morgan fingerprint density at radius 2 is 1.85 bits per heavy atom. The zero-order valence-electron chi connectivity index (χ0n) is 13.6. The summed E-state index contributed by atoms with van der Waals surface area (Å²) in [6, 6.07) is 6.45. The molecule has 0 radical (unpaired) electrons. The molecular formula is C17H30N2O. The minimum atomic E-state index is 0.420. The van der Waals surface area contributed by atoms with Gasteiger partial charge in [-0.05, 0) is 32.5 Å². The monoisotopic (exact) mass is 278 g/mol. The van der Waals surface area contributed by atoms with Gasteiger partial charge in [0.15, 0.2) is 0 Å². The quantitative estimate of drug-likeness (QED) is 0.767. The summed E-state index contributed by atoms with van der Waals surface area (Å²) >= 11 is 0. The van der Waals surface area contributed by atoms with Gasteiger partial charge < -0.3 is 15.3 Å². The highest BCUT2D eigenvalue weighted by Crippen LogP contribution is 2.21. The molecule has 114 valence electrons. The molecule has 1 aromatic carbocycles. The molecular weight excluding hydrogens is 248 g/mol. The van der Waals surface area contributed by atoms with Crippen LogP contribution in [0, 0.1) is 12.8 Å². The molecule has 1 atom stereocenters. The van der Waals surface area contributed by atoms with Crippen molar-refractivity contribution in [2.45, 2.75) is 46.2 Å². The van der Waals surface area contributed by atoms with E-state index in [2.05, 4.69) is 38.2 Å². The summed E-state index contributed by atoms with van der Waals surface area (Å²) in [7, 11) is 4.30. The number of para-hydroxylation sites is 1. The van der Waals surface area contributed by atoms with Crippen molar-refractivity contribution in [3.8, 4) is 5.75 Å². The van der Waals surface area contributed by atoms with E-state index in [1.54, 1.807) is 0 Å². The fourth-order valence-electron chi connectivity index (χ4n) is 2.82. The number of phenolic OH excluding ortho intramolecular Hbond substituents is 1. The van der Waals surface area contributed by atoms with Gasteiger partial charge in [0.05, 0.1) is 0 Å². The van der Waals surface area contributed by atoms with Crippen LogP contribution in [0.2, 0.25) is 0 Å². The summed E-state index contributed by atoms with van der Waals surface area (Å²) in [4.78, 5) is 2.31. The number of hydrogen-bond acceptors (Lipinski definition) is 3. The van der Waals surface area contributed by atoms with Crippen LogP contribution in [0.3, 0.4) is 0 Å². The van der Waals surface area contributed by atoms with Gasteiger partial charge >= 0.3 is 0 Å². The second-order valence-corrected chi connectivity index (χ2v) is 5.82.